The lowest BCUT2D eigenvalue weighted by molar-refractivity contribution is -0.142. The molecule has 1 aromatic heterocycles. The molecule has 3 N–H and O–H groups in total. The molecule has 0 radical (unpaired) electrons. The summed E-state index contributed by atoms with van der Waals surface area (Å²) in [5.41, 5.74) is 6.20. The molecule has 0 unspecified atom stereocenters. The quantitative estimate of drug-likeness (QED) is 0.872. The molecule has 2 aromatic rings. The normalized spacial score (nSPS) is 13.8. The van der Waals surface area contributed by atoms with Gasteiger partial charge in [-0.2, -0.15) is 0 Å². The van der Waals surface area contributed by atoms with Gasteiger partial charge in [0, 0.05) is 18.8 Å². The molecule has 0 bridgehead atoms. The Balaban J connectivity index is 2.33. The van der Waals surface area contributed by atoms with Crippen molar-refractivity contribution in [2.24, 2.45) is 5.73 Å². The summed E-state index contributed by atoms with van der Waals surface area (Å²) < 4.78 is 7.31. The van der Waals surface area contributed by atoms with Gasteiger partial charge in [-0.05, 0) is 36.8 Å². The van der Waals surface area contributed by atoms with E-state index < -0.39 is 11.5 Å². The maximum Gasteiger partial charge on any atom is 0.323 e. The number of hydrogen-bond acceptors (Lipinski definition) is 3. The van der Waals surface area contributed by atoms with E-state index in [2.05, 4.69) is 0 Å². The van der Waals surface area contributed by atoms with E-state index >= 15 is 0 Å². The second-order valence-corrected chi connectivity index (χ2v) is 5.00. The Morgan fingerprint density at radius 2 is 2.05 bits per heavy atom. The van der Waals surface area contributed by atoms with E-state index in [4.69, 9.17) is 15.6 Å². The summed E-state index contributed by atoms with van der Waals surface area (Å²) in [6.07, 6.45) is 4.08. The number of carbonyl (C=O) groups is 1. The van der Waals surface area contributed by atoms with Gasteiger partial charge in [-0.25, -0.2) is 0 Å². The zero-order chi connectivity index (χ0) is 14.8. The minimum Gasteiger partial charge on any atom is -0.495 e. The Morgan fingerprint density at radius 1 is 1.40 bits per heavy atom. The van der Waals surface area contributed by atoms with Crippen LogP contribution in [-0.2, 0) is 11.2 Å². The minimum atomic E-state index is -1.29. The molecule has 0 saturated heterocycles. The molecule has 1 aromatic carbocycles. The number of benzene rings is 1. The van der Waals surface area contributed by atoms with Gasteiger partial charge in [0.1, 0.15) is 11.3 Å². The smallest absolute Gasteiger partial charge is 0.323 e. The summed E-state index contributed by atoms with van der Waals surface area (Å²) in [5, 5.41) is 9.07. The lowest BCUT2D eigenvalue weighted by Crippen LogP contribution is -2.46. The fraction of sp³-hybridized carbons (Fsp3) is 0.267. The summed E-state index contributed by atoms with van der Waals surface area (Å²) in [7, 11) is 1.59. The van der Waals surface area contributed by atoms with E-state index in [0.717, 1.165) is 11.3 Å². The molecule has 106 valence electrons. The minimum absolute atomic E-state index is 0.241. The largest absolute Gasteiger partial charge is 0.495 e. The summed E-state index contributed by atoms with van der Waals surface area (Å²) in [5.74, 6) is -0.342. The summed E-state index contributed by atoms with van der Waals surface area (Å²) in [6, 6.07) is 9.44. The van der Waals surface area contributed by atoms with Crippen molar-refractivity contribution in [2.45, 2.75) is 18.9 Å². The van der Waals surface area contributed by atoms with Crippen LogP contribution in [0.3, 0.4) is 0 Å². The van der Waals surface area contributed by atoms with Crippen LogP contribution in [0.5, 0.6) is 5.75 Å². The molecule has 0 saturated carbocycles. The average molecular weight is 274 g/mol. The summed E-state index contributed by atoms with van der Waals surface area (Å²) in [4.78, 5) is 11.1. The van der Waals surface area contributed by atoms with Crippen molar-refractivity contribution >= 4 is 5.97 Å². The number of nitrogens with two attached hydrogens (primary N) is 1. The third kappa shape index (κ3) is 2.83. The van der Waals surface area contributed by atoms with E-state index in [0.29, 0.717) is 5.75 Å². The van der Waals surface area contributed by atoms with E-state index in [-0.39, 0.29) is 6.42 Å². The number of hydrogen-bond donors (Lipinski definition) is 2. The number of ether oxygens (including phenoxy) is 1. The second kappa shape index (κ2) is 5.38. The third-order valence-electron chi connectivity index (χ3n) is 3.19. The van der Waals surface area contributed by atoms with Crippen molar-refractivity contribution in [3.05, 3.63) is 48.3 Å². The average Bonchev–Trinajstić information content (AvgIpc) is 2.91. The molecule has 2 rings (SSSR count). The molecule has 20 heavy (non-hydrogen) atoms. The van der Waals surface area contributed by atoms with Crippen molar-refractivity contribution < 1.29 is 14.6 Å². The monoisotopic (exact) mass is 274 g/mol. The SMILES string of the molecule is COc1cc(C[C@](C)(N)C(=O)O)ccc1-n1cccc1. The first-order chi connectivity index (χ1) is 9.44. The Labute approximate surface area is 117 Å². The van der Waals surface area contributed by atoms with Gasteiger partial charge in [0.25, 0.3) is 0 Å². The van der Waals surface area contributed by atoms with E-state index in [1.807, 2.05) is 47.3 Å². The number of carboxylic acid groups (broad SMARTS) is 1. The highest BCUT2D eigenvalue weighted by atomic mass is 16.5. The van der Waals surface area contributed by atoms with Gasteiger partial charge in [-0.15, -0.1) is 0 Å². The standard InChI is InChI=1S/C15H18N2O3/c1-15(16,14(18)19)10-11-5-6-12(13(9-11)20-2)17-7-3-4-8-17/h3-9H,10,16H2,1-2H3,(H,18,19)/t15-/m0/s1. The molecule has 1 heterocycles. The molecular weight excluding hydrogens is 256 g/mol. The highest BCUT2D eigenvalue weighted by molar-refractivity contribution is 5.78. The molecule has 5 heteroatoms. The highest BCUT2D eigenvalue weighted by Gasteiger charge is 2.28. The topological polar surface area (TPSA) is 77.5 Å². The number of carboxylic acids is 1. The zero-order valence-electron chi connectivity index (χ0n) is 11.5. The van der Waals surface area contributed by atoms with Gasteiger partial charge >= 0.3 is 5.97 Å². The predicted molar refractivity (Wildman–Crippen MR) is 76.3 cm³/mol. The van der Waals surface area contributed by atoms with Crippen molar-refractivity contribution in [2.75, 3.05) is 7.11 Å². The summed E-state index contributed by atoms with van der Waals surface area (Å²) in [6.45, 7) is 1.50. The fourth-order valence-electron chi connectivity index (χ4n) is 2.04. The van der Waals surface area contributed by atoms with Crippen LogP contribution in [-0.4, -0.2) is 28.3 Å². The third-order valence-corrected chi connectivity index (χ3v) is 3.19. The van der Waals surface area contributed by atoms with Crippen LogP contribution >= 0.6 is 0 Å². The predicted octanol–water partition coefficient (Wildman–Crippen LogP) is 1.83. The lowest BCUT2D eigenvalue weighted by Gasteiger charge is -2.20. The van der Waals surface area contributed by atoms with Gasteiger partial charge in [0.05, 0.1) is 12.8 Å². The summed E-state index contributed by atoms with van der Waals surface area (Å²) >= 11 is 0. The Morgan fingerprint density at radius 3 is 2.60 bits per heavy atom. The van der Waals surface area contributed by atoms with Crippen LogP contribution in [0, 0.1) is 0 Å². The van der Waals surface area contributed by atoms with Crippen LogP contribution in [0.25, 0.3) is 5.69 Å². The molecule has 0 fully saturated rings. The van der Waals surface area contributed by atoms with Crippen molar-refractivity contribution in [1.82, 2.24) is 4.57 Å². The molecule has 5 nitrogen and oxygen atoms in total. The lowest BCUT2D eigenvalue weighted by atomic mass is 9.94. The molecular formula is C15H18N2O3. The first kappa shape index (κ1) is 14.1. The maximum atomic E-state index is 11.1. The Kier molecular flexibility index (Phi) is 3.81. The first-order valence-electron chi connectivity index (χ1n) is 6.26. The maximum absolute atomic E-state index is 11.1. The van der Waals surface area contributed by atoms with E-state index in [1.165, 1.54) is 6.92 Å². The molecule has 0 amide bonds. The molecule has 0 aliphatic carbocycles. The van der Waals surface area contributed by atoms with Crippen LogP contribution in [0.2, 0.25) is 0 Å². The van der Waals surface area contributed by atoms with E-state index in [9.17, 15) is 4.79 Å². The first-order valence-corrected chi connectivity index (χ1v) is 6.26. The molecule has 1 atom stereocenters. The van der Waals surface area contributed by atoms with Gasteiger partial charge < -0.3 is 20.1 Å². The van der Waals surface area contributed by atoms with Gasteiger partial charge in [-0.3, -0.25) is 4.79 Å². The number of aliphatic carboxylic acids is 1. The van der Waals surface area contributed by atoms with Crippen LogP contribution in [0.15, 0.2) is 42.7 Å². The zero-order valence-corrected chi connectivity index (χ0v) is 11.5. The number of nitrogens with zero attached hydrogens (tertiary/aromatic N) is 1. The van der Waals surface area contributed by atoms with E-state index in [1.54, 1.807) is 7.11 Å². The second-order valence-electron chi connectivity index (χ2n) is 5.00. The van der Waals surface area contributed by atoms with Crippen molar-refractivity contribution in [3.8, 4) is 11.4 Å². The number of methoxy groups -OCH3 is 1. The van der Waals surface area contributed by atoms with Crippen molar-refractivity contribution in [1.29, 1.82) is 0 Å². The van der Waals surface area contributed by atoms with Crippen molar-refractivity contribution in [3.63, 3.8) is 0 Å². The molecule has 0 spiro atoms. The number of aromatic nitrogens is 1. The van der Waals surface area contributed by atoms with Crippen LogP contribution < -0.4 is 10.5 Å². The van der Waals surface area contributed by atoms with Gasteiger partial charge in [0.15, 0.2) is 0 Å². The van der Waals surface area contributed by atoms with Crippen LogP contribution in [0.4, 0.5) is 0 Å². The Bertz CT molecular complexity index is 604. The van der Waals surface area contributed by atoms with Crippen LogP contribution in [0.1, 0.15) is 12.5 Å². The number of rotatable bonds is 5. The fourth-order valence-corrected chi connectivity index (χ4v) is 2.04. The highest BCUT2D eigenvalue weighted by Crippen LogP contribution is 2.26. The molecule has 0 aliphatic heterocycles. The molecule has 0 aliphatic rings. The Hall–Kier alpha value is -2.27. The van der Waals surface area contributed by atoms with Gasteiger partial charge in [0.2, 0.25) is 0 Å². The van der Waals surface area contributed by atoms with Gasteiger partial charge in [-0.1, -0.05) is 6.07 Å².